The molecule has 2 aromatic rings. The molecule has 7 heteroatoms. The molecule has 0 unspecified atom stereocenters. The largest absolute Gasteiger partial charge is 0.366 e. The molecule has 0 N–H and O–H groups in total. The Morgan fingerprint density at radius 2 is 1.74 bits per heavy atom. The number of benzene rings is 2. The lowest BCUT2D eigenvalue weighted by Crippen LogP contribution is -2.34. The minimum atomic E-state index is -3.66. The topological polar surface area (TPSA) is 80.5 Å². The van der Waals surface area contributed by atoms with E-state index in [0.717, 1.165) is 31.9 Å². The van der Waals surface area contributed by atoms with Crippen LogP contribution in [0.15, 0.2) is 53.4 Å². The van der Waals surface area contributed by atoms with Crippen molar-refractivity contribution in [3.05, 3.63) is 64.2 Å². The second-order valence-electron chi connectivity index (χ2n) is 7.11. The minimum Gasteiger partial charge on any atom is -0.366 e. The van der Waals surface area contributed by atoms with Crippen molar-refractivity contribution in [1.82, 2.24) is 0 Å². The second-order valence-corrected chi connectivity index (χ2v) is 9.09. The second kappa shape index (κ2) is 8.08. The zero-order valence-electron chi connectivity index (χ0n) is 15.4. The summed E-state index contributed by atoms with van der Waals surface area (Å²) in [6.45, 7) is 1.40. The molecule has 1 heterocycles. The monoisotopic (exact) mass is 388 g/mol. The van der Waals surface area contributed by atoms with E-state index >= 15 is 0 Å². The van der Waals surface area contributed by atoms with Gasteiger partial charge in [-0.15, -0.1) is 0 Å². The maximum Gasteiger partial charge on any atom is 0.311 e. The van der Waals surface area contributed by atoms with E-state index in [2.05, 4.69) is 12.1 Å². The predicted octanol–water partition coefficient (Wildman–Crippen LogP) is 3.85. The molecule has 1 saturated heterocycles. The maximum absolute atomic E-state index is 11.9. The van der Waals surface area contributed by atoms with Gasteiger partial charge in [-0.25, -0.2) is 8.42 Å². The lowest BCUT2D eigenvalue weighted by Gasteiger charge is -2.33. The number of sulfone groups is 1. The third-order valence-corrected chi connectivity index (χ3v) is 6.33. The molecule has 6 nitrogen and oxygen atoms in total. The highest BCUT2D eigenvalue weighted by Gasteiger charge is 2.30. The van der Waals surface area contributed by atoms with Crippen LogP contribution in [0.2, 0.25) is 0 Å². The number of hydrogen-bond acceptors (Lipinski definition) is 5. The van der Waals surface area contributed by atoms with Gasteiger partial charge in [0, 0.05) is 19.3 Å². The molecule has 0 saturated carbocycles. The Morgan fingerprint density at radius 1 is 1.07 bits per heavy atom. The summed E-state index contributed by atoms with van der Waals surface area (Å²) in [4.78, 5) is 12.7. The van der Waals surface area contributed by atoms with Gasteiger partial charge in [0.1, 0.15) is 10.6 Å². The molecule has 3 rings (SSSR count). The van der Waals surface area contributed by atoms with E-state index in [0.29, 0.717) is 24.7 Å². The van der Waals surface area contributed by atoms with Crippen molar-refractivity contribution >= 4 is 21.2 Å². The van der Waals surface area contributed by atoms with Gasteiger partial charge in [-0.05, 0) is 49.3 Å². The zero-order valence-corrected chi connectivity index (χ0v) is 16.2. The molecule has 0 aliphatic carbocycles. The molecule has 1 aliphatic rings. The average Bonchev–Trinajstić information content (AvgIpc) is 2.66. The van der Waals surface area contributed by atoms with Crippen molar-refractivity contribution in [2.45, 2.75) is 30.6 Å². The Bertz CT molecular complexity index is 905. The Hall–Kier alpha value is -2.41. The van der Waals surface area contributed by atoms with Gasteiger partial charge in [0.2, 0.25) is 0 Å². The smallest absolute Gasteiger partial charge is 0.311 e. The molecule has 0 atom stereocenters. The molecular weight excluding hydrogens is 364 g/mol. The molecule has 0 amide bonds. The summed E-state index contributed by atoms with van der Waals surface area (Å²) >= 11 is 0. The van der Waals surface area contributed by atoms with E-state index < -0.39 is 14.8 Å². The predicted molar refractivity (Wildman–Crippen MR) is 106 cm³/mol. The molecule has 1 aliphatic heterocycles. The van der Waals surface area contributed by atoms with Crippen LogP contribution >= 0.6 is 0 Å². The van der Waals surface area contributed by atoms with Gasteiger partial charge >= 0.3 is 5.69 Å². The fraction of sp³-hybridized carbons (Fsp3) is 0.400. The van der Waals surface area contributed by atoms with Gasteiger partial charge in [-0.2, -0.15) is 0 Å². The van der Waals surface area contributed by atoms with Crippen molar-refractivity contribution in [1.29, 1.82) is 0 Å². The SMILES string of the molecule is CS(=O)(=O)c1cccc(N2CCC(CCc3ccccc3)CC2)c1[N+](=O)[O-]. The van der Waals surface area contributed by atoms with E-state index in [4.69, 9.17) is 0 Å². The summed E-state index contributed by atoms with van der Waals surface area (Å²) < 4.78 is 23.9. The van der Waals surface area contributed by atoms with Gasteiger partial charge in [-0.1, -0.05) is 36.4 Å². The molecule has 144 valence electrons. The van der Waals surface area contributed by atoms with Crippen LogP contribution in [0.4, 0.5) is 11.4 Å². The quantitative estimate of drug-likeness (QED) is 0.555. The number of rotatable bonds is 6. The normalized spacial score (nSPS) is 15.7. The molecule has 0 spiro atoms. The molecule has 2 aromatic carbocycles. The van der Waals surface area contributed by atoms with Crippen LogP contribution in [-0.2, 0) is 16.3 Å². The van der Waals surface area contributed by atoms with Crippen molar-refractivity contribution in [3.63, 3.8) is 0 Å². The van der Waals surface area contributed by atoms with Crippen LogP contribution in [0.5, 0.6) is 0 Å². The van der Waals surface area contributed by atoms with E-state index in [9.17, 15) is 18.5 Å². The van der Waals surface area contributed by atoms with Crippen molar-refractivity contribution in [2.75, 3.05) is 24.2 Å². The number of aryl methyl sites for hydroxylation is 1. The molecule has 1 fully saturated rings. The molecule has 27 heavy (non-hydrogen) atoms. The van der Waals surface area contributed by atoms with Crippen molar-refractivity contribution < 1.29 is 13.3 Å². The van der Waals surface area contributed by atoms with Crippen LogP contribution in [-0.4, -0.2) is 32.7 Å². The highest BCUT2D eigenvalue weighted by molar-refractivity contribution is 7.90. The van der Waals surface area contributed by atoms with Crippen LogP contribution in [0.3, 0.4) is 0 Å². The molecule has 0 aromatic heterocycles. The first-order valence-electron chi connectivity index (χ1n) is 9.12. The first-order chi connectivity index (χ1) is 12.9. The van der Waals surface area contributed by atoms with Gasteiger partial charge in [0.05, 0.1) is 4.92 Å². The summed E-state index contributed by atoms with van der Waals surface area (Å²) in [7, 11) is -3.66. The number of nitro benzene ring substituents is 1. The summed E-state index contributed by atoms with van der Waals surface area (Å²) in [5.41, 5.74) is 1.43. The van der Waals surface area contributed by atoms with Crippen LogP contribution in [0.25, 0.3) is 0 Å². The Morgan fingerprint density at radius 3 is 2.33 bits per heavy atom. The molecule has 0 radical (unpaired) electrons. The van der Waals surface area contributed by atoms with Gasteiger partial charge in [0.25, 0.3) is 0 Å². The highest BCUT2D eigenvalue weighted by atomic mass is 32.2. The van der Waals surface area contributed by atoms with Gasteiger partial charge in [0.15, 0.2) is 9.84 Å². The van der Waals surface area contributed by atoms with Crippen LogP contribution in [0.1, 0.15) is 24.8 Å². The number of nitrogens with zero attached hydrogens (tertiary/aromatic N) is 2. The van der Waals surface area contributed by atoms with E-state index in [-0.39, 0.29) is 10.6 Å². The van der Waals surface area contributed by atoms with E-state index in [1.807, 2.05) is 23.1 Å². The number of piperidine rings is 1. The van der Waals surface area contributed by atoms with E-state index in [1.54, 1.807) is 12.1 Å². The molecule has 0 bridgehead atoms. The first kappa shape index (κ1) is 19.4. The Kier molecular flexibility index (Phi) is 5.79. The highest BCUT2D eigenvalue weighted by Crippen LogP contribution is 2.37. The number of anilines is 1. The standard InChI is InChI=1S/C20H24N2O4S/c1-27(25,26)19-9-5-8-18(20(19)22(23)24)21-14-12-17(13-15-21)11-10-16-6-3-2-4-7-16/h2-9,17H,10-15H2,1H3. The fourth-order valence-corrected chi connectivity index (χ4v) is 4.58. The van der Waals surface area contributed by atoms with Gasteiger partial charge in [-0.3, -0.25) is 10.1 Å². The fourth-order valence-electron chi connectivity index (χ4n) is 3.73. The Balaban J connectivity index is 1.70. The number of hydrogen-bond donors (Lipinski definition) is 0. The Labute approximate surface area is 159 Å². The maximum atomic E-state index is 11.9. The summed E-state index contributed by atoms with van der Waals surface area (Å²) in [5.74, 6) is 0.582. The average molecular weight is 388 g/mol. The number of nitro groups is 1. The lowest BCUT2D eigenvalue weighted by atomic mass is 9.90. The zero-order chi connectivity index (χ0) is 19.4. The molecular formula is C20H24N2O4S. The minimum absolute atomic E-state index is 0.212. The lowest BCUT2D eigenvalue weighted by molar-refractivity contribution is -0.387. The summed E-state index contributed by atoms with van der Waals surface area (Å²) in [6, 6.07) is 14.9. The summed E-state index contributed by atoms with van der Waals surface area (Å²) in [5, 5.41) is 11.6. The number of para-hydroxylation sites is 1. The van der Waals surface area contributed by atoms with Crippen molar-refractivity contribution in [2.24, 2.45) is 5.92 Å². The summed E-state index contributed by atoms with van der Waals surface area (Å²) in [6.07, 6.45) is 5.05. The van der Waals surface area contributed by atoms with Crippen LogP contribution in [0, 0.1) is 16.0 Å². The van der Waals surface area contributed by atoms with Crippen LogP contribution < -0.4 is 4.90 Å². The third-order valence-electron chi connectivity index (χ3n) is 5.20. The van der Waals surface area contributed by atoms with E-state index in [1.165, 1.54) is 11.6 Å². The van der Waals surface area contributed by atoms with Gasteiger partial charge < -0.3 is 4.90 Å². The third kappa shape index (κ3) is 4.66. The van der Waals surface area contributed by atoms with Crippen molar-refractivity contribution in [3.8, 4) is 0 Å². The first-order valence-corrected chi connectivity index (χ1v) is 11.0.